The molecule has 0 amide bonds. The monoisotopic (exact) mass is 137 g/mol. The Bertz CT molecular complexity index is 151. The number of nitrogens with zero attached hydrogens (tertiary/aromatic N) is 1. The van der Waals surface area contributed by atoms with Gasteiger partial charge in [-0.05, 0) is 6.92 Å². The smallest absolute Gasteiger partial charge is 0.216 e. The lowest BCUT2D eigenvalue weighted by Gasteiger charge is -2.08. The number of hydrogen-bond acceptors (Lipinski definition) is 2. The molecule has 5 heteroatoms. The van der Waals surface area contributed by atoms with Crippen LogP contribution >= 0.6 is 0 Å². The highest BCUT2D eigenvalue weighted by molar-refractivity contribution is 7.86. The van der Waals surface area contributed by atoms with Crippen molar-refractivity contribution >= 4 is 10.2 Å². The molecule has 0 saturated carbocycles. The van der Waals surface area contributed by atoms with Gasteiger partial charge in [-0.3, -0.25) is 0 Å². The predicted molar refractivity (Wildman–Crippen MR) is 31.1 cm³/mol. The van der Waals surface area contributed by atoms with Gasteiger partial charge in [-0.1, -0.05) is 0 Å². The van der Waals surface area contributed by atoms with E-state index in [2.05, 4.69) is 12.1 Å². The summed E-state index contributed by atoms with van der Waals surface area (Å²) in [6, 6.07) is 0. The van der Waals surface area contributed by atoms with Crippen molar-refractivity contribution < 1.29 is 8.42 Å². The summed E-state index contributed by atoms with van der Waals surface area (Å²) in [6.07, 6.45) is 0. The lowest BCUT2D eigenvalue weighted by Crippen LogP contribution is -2.32. The van der Waals surface area contributed by atoms with Crippen molar-refractivity contribution in [2.24, 2.45) is 5.14 Å². The SMILES string of the molecule is [CH2]CN(C)S(N)(=O)=O. The van der Waals surface area contributed by atoms with Crippen LogP contribution in [0.1, 0.15) is 0 Å². The Kier molecular flexibility index (Phi) is 2.39. The Morgan fingerprint density at radius 2 is 2.12 bits per heavy atom. The van der Waals surface area contributed by atoms with Crippen molar-refractivity contribution in [2.45, 2.75) is 0 Å². The molecule has 0 aromatic heterocycles. The Hall–Kier alpha value is -0.130. The Balaban J connectivity index is 4.04. The number of rotatable bonds is 2. The molecule has 0 fully saturated rings. The molecule has 0 unspecified atom stereocenters. The quantitative estimate of drug-likeness (QED) is 0.528. The van der Waals surface area contributed by atoms with E-state index in [0.29, 0.717) is 0 Å². The largest absolute Gasteiger partial charge is 0.276 e. The van der Waals surface area contributed by atoms with E-state index in [1.54, 1.807) is 0 Å². The fourth-order valence-corrected chi connectivity index (χ4v) is 0.382. The summed E-state index contributed by atoms with van der Waals surface area (Å²) in [7, 11) is -2.12. The Morgan fingerprint density at radius 3 is 2.12 bits per heavy atom. The predicted octanol–water partition coefficient (Wildman–Crippen LogP) is -1.04. The van der Waals surface area contributed by atoms with Crippen LogP contribution in [0.3, 0.4) is 0 Å². The third kappa shape index (κ3) is 2.25. The molecule has 0 aliphatic rings. The molecule has 0 aliphatic heterocycles. The molecular formula is C3H9N2O2S. The van der Waals surface area contributed by atoms with E-state index in [0.717, 1.165) is 4.31 Å². The van der Waals surface area contributed by atoms with Gasteiger partial charge in [0.15, 0.2) is 0 Å². The summed E-state index contributed by atoms with van der Waals surface area (Å²) < 4.78 is 21.4. The molecule has 4 nitrogen and oxygen atoms in total. The standard InChI is InChI=1S/C3H9N2O2S/c1-3-5(2)8(4,6)7/h1,3H2,2H3,(H2,4,6,7). The van der Waals surface area contributed by atoms with Gasteiger partial charge in [0.1, 0.15) is 0 Å². The maximum atomic E-state index is 10.2. The summed E-state index contributed by atoms with van der Waals surface area (Å²) in [5.74, 6) is 0. The van der Waals surface area contributed by atoms with Gasteiger partial charge in [-0.25, -0.2) is 5.14 Å². The Labute approximate surface area is 49.5 Å². The second kappa shape index (κ2) is 2.43. The molecule has 0 spiro atoms. The molecule has 49 valence electrons. The van der Waals surface area contributed by atoms with Crippen LogP contribution in [0.15, 0.2) is 0 Å². The minimum Gasteiger partial charge on any atom is -0.216 e. The molecule has 0 rings (SSSR count). The molecule has 0 saturated heterocycles. The van der Waals surface area contributed by atoms with Crippen LogP contribution in [0, 0.1) is 6.92 Å². The van der Waals surface area contributed by atoms with Gasteiger partial charge in [0.25, 0.3) is 10.2 Å². The van der Waals surface area contributed by atoms with Crippen LogP contribution in [0.5, 0.6) is 0 Å². The van der Waals surface area contributed by atoms with Gasteiger partial charge in [0.05, 0.1) is 0 Å². The highest BCUT2D eigenvalue weighted by atomic mass is 32.2. The fraction of sp³-hybridized carbons (Fsp3) is 0.667. The van der Waals surface area contributed by atoms with Crippen molar-refractivity contribution in [2.75, 3.05) is 13.6 Å². The summed E-state index contributed by atoms with van der Waals surface area (Å²) >= 11 is 0. The number of hydrogen-bond donors (Lipinski definition) is 1. The molecular weight excluding hydrogens is 128 g/mol. The first kappa shape index (κ1) is 7.87. The molecule has 0 aromatic carbocycles. The zero-order valence-electron chi connectivity index (χ0n) is 4.66. The molecule has 1 radical (unpaired) electrons. The first-order valence-electron chi connectivity index (χ1n) is 2.02. The first-order valence-corrected chi connectivity index (χ1v) is 3.52. The van der Waals surface area contributed by atoms with Crippen LogP contribution < -0.4 is 5.14 Å². The average Bonchev–Trinajstić information content (AvgIpc) is 1.62. The third-order valence-electron chi connectivity index (χ3n) is 0.749. The van der Waals surface area contributed by atoms with Crippen LogP contribution in [-0.2, 0) is 10.2 Å². The van der Waals surface area contributed by atoms with Crippen molar-refractivity contribution in [1.82, 2.24) is 4.31 Å². The van der Waals surface area contributed by atoms with Gasteiger partial charge in [-0.2, -0.15) is 12.7 Å². The summed E-state index contributed by atoms with van der Waals surface area (Å²) in [5.41, 5.74) is 0. The number of nitrogens with two attached hydrogens (primary N) is 1. The normalized spacial score (nSPS) is 12.5. The zero-order chi connectivity index (χ0) is 6.78. The van der Waals surface area contributed by atoms with Crippen LogP contribution in [0.4, 0.5) is 0 Å². The molecule has 0 bridgehead atoms. The second-order valence-corrected chi connectivity index (χ2v) is 3.02. The third-order valence-corrected chi connectivity index (χ3v) is 1.80. The van der Waals surface area contributed by atoms with Gasteiger partial charge in [0.2, 0.25) is 0 Å². The van der Waals surface area contributed by atoms with E-state index in [9.17, 15) is 8.42 Å². The highest BCUT2D eigenvalue weighted by Crippen LogP contribution is 1.84. The minimum absolute atomic E-state index is 0.166. The maximum absolute atomic E-state index is 10.2. The fourth-order valence-electron chi connectivity index (χ4n) is 0.127. The van der Waals surface area contributed by atoms with E-state index in [1.165, 1.54) is 7.05 Å². The van der Waals surface area contributed by atoms with Gasteiger partial charge in [0, 0.05) is 13.6 Å². The van der Waals surface area contributed by atoms with Gasteiger partial charge in [-0.15, -0.1) is 0 Å². The first-order chi connectivity index (χ1) is 3.48. The topological polar surface area (TPSA) is 63.4 Å². The van der Waals surface area contributed by atoms with E-state index in [1.807, 2.05) is 0 Å². The van der Waals surface area contributed by atoms with Crippen molar-refractivity contribution in [3.05, 3.63) is 6.92 Å². The maximum Gasteiger partial charge on any atom is 0.276 e. The van der Waals surface area contributed by atoms with Gasteiger partial charge >= 0.3 is 0 Å². The lowest BCUT2D eigenvalue weighted by molar-refractivity contribution is 0.500. The highest BCUT2D eigenvalue weighted by Gasteiger charge is 2.06. The average molecular weight is 137 g/mol. The van der Waals surface area contributed by atoms with E-state index in [4.69, 9.17) is 0 Å². The molecule has 2 N–H and O–H groups in total. The summed E-state index contributed by atoms with van der Waals surface area (Å²) in [6.45, 7) is 3.48. The van der Waals surface area contributed by atoms with Crippen LogP contribution in [-0.4, -0.2) is 26.3 Å². The summed E-state index contributed by atoms with van der Waals surface area (Å²) in [4.78, 5) is 0. The molecule has 0 aliphatic carbocycles. The van der Waals surface area contributed by atoms with Crippen molar-refractivity contribution in [1.29, 1.82) is 0 Å². The minimum atomic E-state index is -3.48. The molecule has 0 heterocycles. The van der Waals surface area contributed by atoms with Gasteiger partial charge < -0.3 is 0 Å². The molecule has 0 aromatic rings. The van der Waals surface area contributed by atoms with Crippen LogP contribution in [0.2, 0.25) is 0 Å². The van der Waals surface area contributed by atoms with Crippen LogP contribution in [0.25, 0.3) is 0 Å². The van der Waals surface area contributed by atoms with Crippen molar-refractivity contribution in [3.8, 4) is 0 Å². The Morgan fingerprint density at radius 1 is 1.75 bits per heavy atom. The van der Waals surface area contributed by atoms with E-state index >= 15 is 0 Å². The van der Waals surface area contributed by atoms with E-state index < -0.39 is 10.2 Å². The zero-order valence-corrected chi connectivity index (χ0v) is 5.48. The van der Waals surface area contributed by atoms with Crippen molar-refractivity contribution in [3.63, 3.8) is 0 Å². The summed E-state index contributed by atoms with van der Waals surface area (Å²) in [5, 5.41) is 4.65. The lowest BCUT2D eigenvalue weighted by atomic mass is 10.8. The second-order valence-electron chi connectivity index (χ2n) is 1.37. The van der Waals surface area contributed by atoms with E-state index in [-0.39, 0.29) is 6.54 Å². The molecule has 0 atom stereocenters. The molecule has 8 heavy (non-hydrogen) atoms.